The van der Waals surface area contributed by atoms with Crippen LogP contribution in [0.25, 0.3) is 0 Å². The molecule has 2 aromatic rings. The van der Waals surface area contributed by atoms with Gasteiger partial charge in [-0.2, -0.15) is 0 Å². The molecule has 8 heteroatoms. The number of guanidine groups is 1. The van der Waals surface area contributed by atoms with Gasteiger partial charge in [0.1, 0.15) is 0 Å². The first-order chi connectivity index (χ1) is 13.2. The molecule has 2 rings (SSSR count). The molecule has 2 N–H and O–H groups in total. The fraction of sp³-hybridized carbons (Fsp3) is 0.500. The number of hydrogen-bond donors (Lipinski definition) is 2. The van der Waals surface area contributed by atoms with Crippen molar-refractivity contribution in [2.24, 2.45) is 4.99 Å². The summed E-state index contributed by atoms with van der Waals surface area (Å²) in [4.78, 5) is 10.1. The van der Waals surface area contributed by atoms with Crippen molar-refractivity contribution in [1.82, 2.24) is 15.6 Å². The Bertz CT molecular complexity index is 737. The summed E-state index contributed by atoms with van der Waals surface area (Å²) in [6.45, 7) is 9.02. The van der Waals surface area contributed by atoms with Crippen LogP contribution < -0.4 is 20.1 Å². The molecule has 1 heterocycles. The molecule has 0 spiro atoms. The molecule has 1 aromatic carbocycles. The minimum atomic E-state index is 0. The van der Waals surface area contributed by atoms with Crippen LogP contribution in [0.15, 0.2) is 29.4 Å². The Kier molecular flexibility index (Phi) is 11.9. The second kappa shape index (κ2) is 13.6. The number of aromatic nitrogens is 1. The van der Waals surface area contributed by atoms with E-state index in [0.29, 0.717) is 13.2 Å². The minimum absolute atomic E-state index is 0. The third-order valence-electron chi connectivity index (χ3n) is 3.87. The fourth-order valence-electron chi connectivity index (χ4n) is 2.62. The SMILES string of the molecule is CCNC(=NCc1cnc(C)s1)NCCCc1ccc(OC)c(OCC)c1.I. The van der Waals surface area contributed by atoms with E-state index in [2.05, 4.69) is 39.7 Å². The highest BCUT2D eigenvalue weighted by Gasteiger charge is 2.06. The zero-order chi connectivity index (χ0) is 19.5. The summed E-state index contributed by atoms with van der Waals surface area (Å²) in [7, 11) is 1.66. The average Bonchev–Trinajstić information content (AvgIpc) is 3.09. The maximum Gasteiger partial charge on any atom is 0.191 e. The van der Waals surface area contributed by atoms with Gasteiger partial charge in [0, 0.05) is 24.2 Å². The van der Waals surface area contributed by atoms with Gasteiger partial charge in [-0.3, -0.25) is 0 Å². The number of nitrogens with zero attached hydrogens (tertiary/aromatic N) is 2. The van der Waals surface area contributed by atoms with Crippen molar-refractivity contribution in [2.75, 3.05) is 26.8 Å². The Morgan fingerprint density at radius 1 is 1.21 bits per heavy atom. The zero-order valence-corrected chi connectivity index (χ0v) is 20.2. The number of hydrogen-bond acceptors (Lipinski definition) is 5. The van der Waals surface area contributed by atoms with Gasteiger partial charge in [0.2, 0.25) is 0 Å². The number of nitrogens with one attached hydrogen (secondary N) is 2. The summed E-state index contributed by atoms with van der Waals surface area (Å²) < 4.78 is 11.0. The van der Waals surface area contributed by atoms with Gasteiger partial charge in [-0.25, -0.2) is 9.98 Å². The topological polar surface area (TPSA) is 67.8 Å². The molecule has 0 amide bonds. The Balaban J connectivity index is 0.00000392. The molecule has 0 aliphatic heterocycles. The van der Waals surface area contributed by atoms with Gasteiger partial charge in [-0.15, -0.1) is 35.3 Å². The van der Waals surface area contributed by atoms with E-state index in [1.807, 2.05) is 26.1 Å². The van der Waals surface area contributed by atoms with E-state index in [1.165, 1.54) is 10.4 Å². The van der Waals surface area contributed by atoms with E-state index < -0.39 is 0 Å². The van der Waals surface area contributed by atoms with E-state index in [0.717, 1.165) is 48.4 Å². The highest BCUT2D eigenvalue weighted by molar-refractivity contribution is 14.0. The van der Waals surface area contributed by atoms with Crippen LogP contribution in [0.2, 0.25) is 0 Å². The van der Waals surface area contributed by atoms with Crippen LogP contribution in [-0.4, -0.2) is 37.7 Å². The van der Waals surface area contributed by atoms with Crippen molar-refractivity contribution in [1.29, 1.82) is 0 Å². The number of aryl methyl sites for hydroxylation is 2. The molecule has 28 heavy (non-hydrogen) atoms. The lowest BCUT2D eigenvalue weighted by molar-refractivity contribution is 0.310. The first-order valence-electron chi connectivity index (χ1n) is 9.39. The van der Waals surface area contributed by atoms with Crippen LogP contribution in [0.5, 0.6) is 11.5 Å². The molecule has 6 nitrogen and oxygen atoms in total. The summed E-state index contributed by atoms with van der Waals surface area (Å²) >= 11 is 1.69. The van der Waals surface area contributed by atoms with Crippen molar-refractivity contribution in [2.45, 2.75) is 40.2 Å². The summed E-state index contributed by atoms with van der Waals surface area (Å²) in [5.74, 6) is 2.42. The largest absolute Gasteiger partial charge is 0.493 e. The van der Waals surface area contributed by atoms with Gasteiger partial charge in [0.25, 0.3) is 0 Å². The molecule has 0 aliphatic rings. The molecule has 0 radical (unpaired) electrons. The van der Waals surface area contributed by atoms with Crippen molar-refractivity contribution >= 4 is 41.3 Å². The number of methoxy groups -OCH3 is 1. The van der Waals surface area contributed by atoms with Gasteiger partial charge in [0.15, 0.2) is 17.5 Å². The highest BCUT2D eigenvalue weighted by Crippen LogP contribution is 2.28. The molecular weight excluding hydrogens is 487 g/mol. The third kappa shape index (κ3) is 8.22. The first kappa shape index (κ1) is 24.5. The van der Waals surface area contributed by atoms with Crippen molar-refractivity contribution in [3.05, 3.63) is 39.8 Å². The molecule has 1 aromatic heterocycles. The molecular formula is C20H31IN4O2S. The van der Waals surface area contributed by atoms with E-state index in [1.54, 1.807) is 18.4 Å². The summed E-state index contributed by atoms with van der Waals surface area (Å²) in [5, 5.41) is 7.76. The molecule has 0 saturated carbocycles. The quantitative estimate of drug-likeness (QED) is 0.214. The number of ether oxygens (including phenoxy) is 2. The van der Waals surface area contributed by atoms with Gasteiger partial charge >= 0.3 is 0 Å². The highest BCUT2D eigenvalue weighted by atomic mass is 127. The van der Waals surface area contributed by atoms with E-state index in [9.17, 15) is 0 Å². The van der Waals surface area contributed by atoms with Crippen LogP contribution in [0, 0.1) is 6.92 Å². The zero-order valence-electron chi connectivity index (χ0n) is 17.1. The summed E-state index contributed by atoms with van der Waals surface area (Å²) in [6, 6.07) is 6.12. The number of rotatable bonds is 10. The Morgan fingerprint density at radius 2 is 2.04 bits per heavy atom. The Morgan fingerprint density at radius 3 is 2.68 bits per heavy atom. The van der Waals surface area contributed by atoms with Gasteiger partial charge in [-0.05, 0) is 51.3 Å². The maximum atomic E-state index is 5.65. The predicted molar refractivity (Wildman–Crippen MR) is 128 cm³/mol. The summed E-state index contributed by atoms with van der Waals surface area (Å²) in [5.41, 5.74) is 1.24. The number of benzene rings is 1. The molecule has 0 unspecified atom stereocenters. The lowest BCUT2D eigenvalue weighted by atomic mass is 10.1. The normalized spacial score (nSPS) is 10.9. The fourth-order valence-corrected chi connectivity index (χ4v) is 3.34. The Hall–Kier alpha value is -1.55. The lowest BCUT2D eigenvalue weighted by Gasteiger charge is -2.12. The van der Waals surface area contributed by atoms with E-state index in [-0.39, 0.29) is 24.0 Å². The number of thiazole rings is 1. The van der Waals surface area contributed by atoms with Crippen LogP contribution in [0.1, 0.15) is 35.7 Å². The average molecular weight is 518 g/mol. The first-order valence-corrected chi connectivity index (χ1v) is 10.2. The molecule has 0 fully saturated rings. The maximum absolute atomic E-state index is 5.65. The number of aliphatic imine (C=N–C) groups is 1. The Labute approximate surface area is 189 Å². The molecule has 0 bridgehead atoms. The van der Waals surface area contributed by atoms with E-state index in [4.69, 9.17) is 9.47 Å². The number of halogens is 1. The van der Waals surface area contributed by atoms with Crippen molar-refractivity contribution in [3.8, 4) is 11.5 Å². The standard InChI is InChI=1S/C20H30N4O2S.HI/c1-5-21-20(24-14-17-13-23-15(3)27-17)22-11-7-8-16-9-10-18(25-4)19(12-16)26-6-2;/h9-10,12-13H,5-8,11,14H2,1-4H3,(H2,21,22,24);1H. The molecule has 156 valence electrons. The predicted octanol–water partition coefficient (Wildman–Crippen LogP) is 4.16. The van der Waals surface area contributed by atoms with Crippen LogP contribution in [0.3, 0.4) is 0 Å². The lowest BCUT2D eigenvalue weighted by Crippen LogP contribution is -2.37. The molecule has 0 atom stereocenters. The second-order valence-corrected chi connectivity index (χ2v) is 7.31. The molecule has 0 aliphatic carbocycles. The monoisotopic (exact) mass is 518 g/mol. The van der Waals surface area contributed by atoms with Gasteiger partial charge in [0.05, 0.1) is 25.3 Å². The van der Waals surface area contributed by atoms with Crippen molar-refractivity contribution < 1.29 is 9.47 Å². The van der Waals surface area contributed by atoms with Crippen LogP contribution in [-0.2, 0) is 13.0 Å². The third-order valence-corrected chi connectivity index (χ3v) is 4.77. The van der Waals surface area contributed by atoms with Crippen molar-refractivity contribution in [3.63, 3.8) is 0 Å². The van der Waals surface area contributed by atoms with Gasteiger partial charge in [-0.1, -0.05) is 6.07 Å². The molecule has 0 saturated heterocycles. The minimum Gasteiger partial charge on any atom is -0.493 e. The van der Waals surface area contributed by atoms with Crippen LogP contribution >= 0.6 is 35.3 Å². The van der Waals surface area contributed by atoms with Crippen LogP contribution in [0.4, 0.5) is 0 Å². The van der Waals surface area contributed by atoms with Gasteiger partial charge < -0.3 is 20.1 Å². The van der Waals surface area contributed by atoms with E-state index >= 15 is 0 Å². The summed E-state index contributed by atoms with van der Waals surface area (Å²) in [6.07, 6.45) is 3.86. The smallest absolute Gasteiger partial charge is 0.191 e. The second-order valence-electron chi connectivity index (χ2n) is 5.99.